The van der Waals surface area contributed by atoms with Gasteiger partial charge in [-0.25, -0.2) is 0 Å². The number of esters is 2. The molecule has 1 aliphatic rings. The number of aliphatic hydroxyl groups excluding tert-OH is 4. The highest BCUT2D eigenvalue weighted by Gasteiger charge is 2.44. The van der Waals surface area contributed by atoms with Crippen molar-refractivity contribution in [2.75, 3.05) is 19.8 Å². The Labute approximate surface area is 409 Å². The van der Waals surface area contributed by atoms with Gasteiger partial charge >= 0.3 is 11.9 Å². The Morgan fingerprint density at radius 3 is 1.24 bits per heavy atom. The number of rotatable bonds is 47. The van der Waals surface area contributed by atoms with Crippen molar-refractivity contribution in [2.45, 2.75) is 282 Å². The molecule has 0 aliphatic carbocycles. The Balaban J connectivity index is 2.24. The minimum Gasteiger partial charge on any atom is -0.462 e. The van der Waals surface area contributed by atoms with E-state index >= 15 is 0 Å². The molecule has 0 aromatic carbocycles. The van der Waals surface area contributed by atoms with Gasteiger partial charge in [0.05, 0.1) is 13.2 Å². The lowest BCUT2D eigenvalue weighted by Crippen LogP contribution is -2.59. The van der Waals surface area contributed by atoms with E-state index in [0.29, 0.717) is 6.42 Å². The third kappa shape index (κ3) is 38.1. The van der Waals surface area contributed by atoms with E-state index in [4.69, 9.17) is 18.9 Å². The molecule has 0 bridgehead atoms. The van der Waals surface area contributed by atoms with E-state index in [0.717, 1.165) is 70.6 Å². The van der Waals surface area contributed by atoms with Crippen LogP contribution in [0.1, 0.15) is 245 Å². The topological polar surface area (TPSA) is 152 Å². The predicted octanol–water partition coefficient (Wildman–Crippen LogP) is 13.6. The number of carbonyl (C=O) groups is 2. The van der Waals surface area contributed by atoms with Gasteiger partial charge in [-0.15, -0.1) is 0 Å². The van der Waals surface area contributed by atoms with Crippen molar-refractivity contribution in [2.24, 2.45) is 0 Å². The van der Waals surface area contributed by atoms with Crippen LogP contribution in [-0.2, 0) is 28.5 Å². The van der Waals surface area contributed by atoms with Crippen LogP contribution in [0.15, 0.2) is 48.6 Å². The summed E-state index contributed by atoms with van der Waals surface area (Å²) in [5.74, 6) is -0.809. The van der Waals surface area contributed by atoms with Crippen LogP contribution in [0.3, 0.4) is 0 Å². The summed E-state index contributed by atoms with van der Waals surface area (Å²) in [6.07, 6.45) is 51.1. The first-order chi connectivity index (χ1) is 32.8. The van der Waals surface area contributed by atoms with Crippen LogP contribution in [-0.4, -0.2) is 89.0 Å². The fourth-order valence-electron chi connectivity index (χ4n) is 8.31. The smallest absolute Gasteiger partial charge is 0.306 e. The standard InChI is InChI=1S/C57H102O10/c1-3-5-7-9-11-13-15-17-19-21-23-25-27-29-31-33-35-37-39-41-43-45-52(59)64-48-50(49-65-57-56(63)55(62)54(61)51(47-58)67-57)66-53(60)46-44-42-40-38-36-34-32-30-28-26-24-22-20-18-16-14-12-10-8-6-4-2/h15-18,21-24,50-51,54-58,61-63H,3-14,19-20,25-49H2,1-2H3/b17-15-,18-16-,23-21-,24-22-. The van der Waals surface area contributed by atoms with Gasteiger partial charge < -0.3 is 39.4 Å². The zero-order chi connectivity index (χ0) is 48.7. The van der Waals surface area contributed by atoms with Gasteiger partial charge in [-0.05, 0) is 77.0 Å². The molecule has 1 aliphatic heterocycles. The molecule has 1 saturated heterocycles. The molecule has 10 nitrogen and oxygen atoms in total. The fraction of sp³-hybridized carbons (Fsp3) is 0.825. The van der Waals surface area contributed by atoms with Crippen LogP contribution in [0.25, 0.3) is 0 Å². The van der Waals surface area contributed by atoms with Crippen LogP contribution >= 0.6 is 0 Å². The molecule has 0 spiro atoms. The summed E-state index contributed by atoms with van der Waals surface area (Å²) in [6.45, 7) is 3.43. The average molecular weight is 947 g/mol. The quantitative estimate of drug-likeness (QED) is 0.0264. The number of carbonyl (C=O) groups excluding carboxylic acids is 2. The lowest BCUT2D eigenvalue weighted by atomic mass is 9.99. The van der Waals surface area contributed by atoms with E-state index in [9.17, 15) is 30.0 Å². The largest absolute Gasteiger partial charge is 0.462 e. The van der Waals surface area contributed by atoms with Crippen LogP contribution in [0, 0.1) is 0 Å². The summed E-state index contributed by atoms with van der Waals surface area (Å²) in [5, 5.41) is 40.3. The maximum atomic E-state index is 12.9. The second-order valence-corrected chi connectivity index (χ2v) is 19.0. The monoisotopic (exact) mass is 947 g/mol. The molecule has 0 aromatic rings. The van der Waals surface area contributed by atoms with Crippen LogP contribution in [0.2, 0.25) is 0 Å². The predicted molar refractivity (Wildman–Crippen MR) is 275 cm³/mol. The third-order valence-electron chi connectivity index (χ3n) is 12.7. The molecule has 0 radical (unpaired) electrons. The van der Waals surface area contributed by atoms with E-state index in [2.05, 4.69) is 62.5 Å². The van der Waals surface area contributed by atoms with Crippen molar-refractivity contribution in [3.05, 3.63) is 48.6 Å². The average Bonchev–Trinajstić information content (AvgIpc) is 3.33. The Morgan fingerprint density at radius 1 is 0.463 bits per heavy atom. The molecule has 10 heteroatoms. The van der Waals surface area contributed by atoms with Crippen molar-refractivity contribution in [1.82, 2.24) is 0 Å². The SMILES string of the molecule is CCCCCCC/C=C\C/C=C\CCCCCCCCCCCC(=O)OCC(COC1OC(CO)C(O)C(O)C1O)OC(=O)CCCCCCCCCCC/C=C\C/C=C\CCCCCCC. The Hall–Kier alpha value is -2.34. The summed E-state index contributed by atoms with van der Waals surface area (Å²) in [4.78, 5) is 25.5. The molecule has 67 heavy (non-hydrogen) atoms. The van der Waals surface area contributed by atoms with E-state index in [1.54, 1.807) is 0 Å². The first-order valence-corrected chi connectivity index (χ1v) is 27.7. The van der Waals surface area contributed by atoms with Gasteiger partial charge in [0.25, 0.3) is 0 Å². The Bertz CT molecular complexity index is 1230. The zero-order valence-electron chi connectivity index (χ0n) is 42.9. The van der Waals surface area contributed by atoms with Crippen molar-refractivity contribution < 1.29 is 49.0 Å². The maximum absolute atomic E-state index is 12.9. The lowest BCUT2D eigenvalue weighted by Gasteiger charge is -2.39. The summed E-state index contributed by atoms with van der Waals surface area (Å²) in [7, 11) is 0. The second kappa shape index (κ2) is 47.3. The molecular formula is C57H102O10. The zero-order valence-corrected chi connectivity index (χ0v) is 42.9. The molecule has 0 saturated carbocycles. The van der Waals surface area contributed by atoms with E-state index in [-0.39, 0.29) is 32.0 Å². The summed E-state index contributed by atoms with van der Waals surface area (Å²) in [6, 6.07) is 0. The van der Waals surface area contributed by atoms with E-state index < -0.39 is 49.4 Å². The van der Waals surface area contributed by atoms with Gasteiger partial charge in [0.2, 0.25) is 0 Å². The van der Waals surface area contributed by atoms with Crippen LogP contribution in [0.4, 0.5) is 0 Å². The van der Waals surface area contributed by atoms with E-state index in [1.807, 2.05) is 0 Å². The van der Waals surface area contributed by atoms with Crippen LogP contribution in [0.5, 0.6) is 0 Å². The summed E-state index contributed by atoms with van der Waals surface area (Å²) < 4.78 is 22.3. The second-order valence-electron chi connectivity index (χ2n) is 19.0. The van der Waals surface area contributed by atoms with Gasteiger partial charge in [0.15, 0.2) is 12.4 Å². The molecule has 1 heterocycles. The number of unbranched alkanes of at least 4 members (excludes halogenated alkanes) is 28. The third-order valence-corrected chi connectivity index (χ3v) is 12.7. The van der Waals surface area contributed by atoms with E-state index in [1.165, 1.54) is 141 Å². The van der Waals surface area contributed by atoms with Gasteiger partial charge in [0.1, 0.15) is 31.0 Å². The molecule has 6 atom stereocenters. The molecule has 1 rings (SSSR count). The van der Waals surface area contributed by atoms with Gasteiger partial charge in [0, 0.05) is 12.8 Å². The Morgan fingerprint density at radius 2 is 0.836 bits per heavy atom. The minimum atomic E-state index is -1.60. The highest BCUT2D eigenvalue weighted by Crippen LogP contribution is 2.23. The number of aliphatic hydroxyl groups is 4. The van der Waals surface area contributed by atoms with Crippen molar-refractivity contribution in [3.8, 4) is 0 Å². The number of allylic oxidation sites excluding steroid dienone is 8. The molecule has 390 valence electrons. The van der Waals surface area contributed by atoms with Gasteiger partial charge in [-0.2, -0.15) is 0 Å². The molecule has 0 aromatic heterocycles. The highest BCUT2D eigenvalue weighted by atomic mass is 16.7. The fourth-order valence-corrected chi connectivity index (χ4v) is 8.31. The minimum absolute atomic E-state index is 0.221. The molecule has 1 fully saturated rings. The lowest BCUT2D eigenvalue weighted by molar-refractivity contribution is -0.305. The highest BCUT2D eigenvalue weighted by molar-refractivity contribution is 5.70. The van der Waals surface area contributed by atoms with Gasteiger partial charge in [-0.1, -0.05) is 204 Å². The molecule has 6 unspecified atom stereocenters. The molecule has 4 N–H and O–H groups in total. The maximum Gasteiger partial charge on any atom is 0.306 e. The summed E-state index contributed by atoms with van der Waals surface area (Å²) >= 11 is 0. The normalized spacial score (nSPS) is 19.4. The summed E-state index contributed by atoms with van der Waals surface area (Å²) in [5.41, 5.74) is 0. The Kier molecular flexibility index (Phi) is 44.3. The number of hydrogen-bond acceptors (Lipinski definition) is 10. The molecular weight excluding hydrogens is 845 g/mol. The van der Waals surface area contributed by atoms with Crippen molar-refractivity contribution >= 4 is 11.9 Å². The van der Waals surface area contributed by atoms with Crippen LogP contribution < -0.4 is 0 Å². The number of hydrogen-bond donors (Lipinski definition) is 4. The van der Waals surface area contributed by atoms with Crippen molar-refractivity contribution in [3.63, 3.8) is 0 Å². The first-order valence-electron chi connectivity index (χ1n) is 27.7. The van der Waals surface area contributed by atoms with Gasteiger partial charge in [-0.3, -0.25) is 9.59 Å². The first kappa shape index (κ1) is 62.7. The molecule has 0 amide bonds. The number of ether oxygens (including phenoxy) is 4. The van der Waals surface area contributed by atoms with Crippen molar-refractivity contribution in [1.29, 1.82) is 0 Å².